The maximum atomic E-state index is 11.5. The van der Waals surface area contributed by atoms with Gasteiger partial charge in [-0.25, -0.2) is 49.5 Å². The third-order valence-corrected chi connectivity index (χ3v) is 9.03. The van der Waals surface area contributed by atoms with E-state index in [0.29, 0.717) is 46.4 Å². The lowest BCUT2D eigenvalue weighted by Gasteiger charge is -2.19. The van der Waals surface area contributed by atoms with E-state index in [1.165, 1.54) is 50.1 Å². The second kappa shape index (κ2) is 46.4. The number of aliphatic hydroxyl groups is 4. The minimum absolute atomic E-state index is 0.0000822. The number of alkyl carbamates (subject to hydrolysis) is 2. The summed E-state index contributed by atoms with van der Waals surface area (Å²) in [5, 5.41) is 34.9. The van der Waals surface area contributed by atoms with Gasteiger partial charge >= 0.3 is 17.4 Å². The molecule has 5 aromatic rings. The molecule has 2 amide bonds. The molecule has 5 rings (SSSR count). The summed E-state index contributed by atoms with van der Waals surface area (Å²) in [6.07, 6.45) is 17.0. The molecule has 0 aliphatic rings. The number of H-pyrrole nitrogens is 2. The van der Waals surface area contributed by atoms with Crippen LogP contribution in [0.1, 0.15) is 53.5 Å². The van der Waals surface area contributed by atoms with Gasteiger partial charge in [0.15, 0.2) is 0 Å². The first-order valence-electron chi connectivity index (χ1n) is 21.1. The smallest absolute Gasteiger partial charge is 0.407 e. The second-order valence-electron chi connectivity index (χ2n) is 14.7. The van der Waals surface area contributed by atoms with Gasteiger partial charge in [-0.15, -0.1) is 6.58 Å². The zero-order chi connectivity index (χ0) is 57.7. The summed E-state index contributed by atoms with van der Waals surface area (Å²) in [5.74, 6) is 0.992. The summed E-state index contributed by atoms with van der Waals surface area (Å²) in [4.78, 5) is 78.2. The molecule has 0 bridgehead atoms. The van der Waals surface area contributed by atoms with Crippen LogP contribution in [0.3, 0.4) is 0 Å². The molecule has 0 saturated carbocycles. The van der Waals surface area contributed by atoms with Crippen molar-refractivity contribution in [1.82, 2.24) is 60.5 Å². The highest BCUT2D eigenvalue weighted by atomic mass is 127. The maximum Gasteiger partial charge on any atom is 0.407 e. The van der Waals surface area contributed by atoms with Crippen molar-refractivity contribution < 1.29 is 53.5 Å². The average Bonchev–Trinajstić information content (AvgIpc) is 3.33. The fraction of sp³-hybridized carbons (Fsp3) is 0.429. The number of aromatic nitrogens is 10. The Morgan fingerprint density at radius 3 is 1.57 bits per heavy atom. The Morgan fingerprint density at radius 1 is 0.707 bits per heavy atom. The predicted octanol–water partition coefficient (Wildman–Crippen LogP) is 7.12. The molecule has 420 valence electrons. The molecule has 33 heteroatoms. The lowest BCUT2D eigenvalue weighted by atomic mass is 10.2. The van der Waals surface area contributed by atoms with Crippen molar-refractivity contribution in [1.29, 1.82) is 0 Å². The summed E-state index contributed by atoms with van der Waals surface area (Å²) in [6, 6.07) is 1.36. The Balaban J connectivity index is -0.000000834. The van der Waals surface area contributed by atoms with Crippen LogP contribution in [-0.2, 0) is 20.5 Å². The number of amides is 2. The molecule has 0 aromatic carbocycles. The van der Waals surface area contributed by atoms with Crippen LogP contribution in [0.15, 0.2) is 90.9 Å². The van der Waals surface area contributed by atoms with Gasteiger partial charge in [0.05, 0.1) is 49.8 Å². The highest BCUT2D eigenvalue weighted by Gasteiger charge is 2.16. The summed E-state index contributed by atoms with van der Waals surface area (Å²) >= 11 is 25.5. The SMILES string of the molecule is C=CCNC(=O)OC(C)(C)C.CC(C)(C)OC(=O)NCCCc1cncnc1OCCO.Clc1ncncc1I.O=P(Cl)(Cl)Cl.O=c1[nH]cncc1I.O=c1ccnc[nH]1.OCCO.OCCOc1ncncc1I. The van der Waals surface area contributed by atoms with Gasteiger partial charge in [0.25, 0.3) is 11.1 Å². The molecule has 0 aliphatic carbocycles. The van der Waals surface area contributed by atoms with Gasteiger partial charge in [-0.3, -0.25) is 14.2 Å². The van der Waals surface area contributed by atoms with Crippen molar-refractivity contribution in [2.75, 3.05) is 52.7 Å². The van der Waals surface area contributed by atoms with Crippen LogP contribution >= 0.6 is 118 Å². The third-order valence-electron chi connectivity index (χ3n) is 6.11. The molecule has 0 spiro atoms. The highest BCUT2D eigenvalue weighted by Crippen LogP contribution is 2.61. The molecule has 0 fully saturated rings. The van der Waals surface area contributed by atoms with Crippen molar-refractivity contribution in [3.8, 4) is 11.8 Å². The molecule has 0 atom stereocenters. The first kappa shape index (κ1) is 75.5. The number of rotatable bonds is 13. The summed E-state index contributed by atoms with van der Waals surface area (Å²) < 4.78 is 32.3. The van der Waals surface area contributed by atoms with E-state index in [0.717, 1.165) is 12.7 Å². The van der Waals surface area contributed by atoms with Gasteiger partial charge in [-0.05, 0) is 156 Å². The Morgan fingerprint density at radius 2 is 1.19 bits per heavy atom. The van der Waals surface area contributed by atoms with E-state index in [1.54, 1.807) is 24.7 Å². The van der Waals surface area contributed by atoms with Crippen LogP contribution in [-0.4, -0.2) is 146 Å². The normalized spacial score (nSPS) is 9.99. The van der Waals surface area contributed by atoms with E-state index in [1.807, 2.05) is 64.1 Å². The van der Waals surface area contributed by atoms with Gasteiger partial charge < -0.3 is 60.0 Å². The fourth-order valence-corrected chi connectivity index (χ4v) is 4.69. The predicted molar refractivity (Wildman–Crippen MR) is 310 cm³/mol. The van der Waals surface area contributed by atoms with Crippen molar-refractivity contribution in [2.24, 2.45) is 0 Å². The van der Waals surface area contributed by atoms with Gasteiger partial charge in [-0.1, -0.05) is 17.7 Å². The molecular formula is C42H60Cl4I3N12O13P. The number of carbonyl (C=O) groups excluding carboxylic acids is 2. The Labute approximate surface area is 493 Å². The summed E-state index contributed by atoms with van der Waals surface area (Å²) in [7, 11) is 0. The fourth-order valence-electron chi connectivity index (χ4n) is 3.52. The monoisotopic (exact) mass is 1490 g/mol. The minimum Gasteiger partial charge on any atom is -0.475 e. The van der Waals surface area contributed by atoms with E-state index >= 15 is 0 Å². The van der Waals surface area contributed by atoms with Gasteiger partial charge in [0, 0.05) is 55.7 Å². The molecular weight excluding hydrogens is 1430 g/mol. The third kappa shape index (κ3) is 53.5. The maximum absolute atomic E-state index is 11.5. The van der Waals surface area contributed by atoms with Crippen LogP contribution in [0.4, 0.5) is 9.59 Å². The van der Waals surface area contributed by atoms with Crippen LogP contribution in [0.5, 0.6) is 11.8 Å². The van der Waals surface area contributed by atoms with Gasteiger partial charge in [-0.2, -0.15) is 0 Å². The molecule has 0 aliphatic heterocycles. The molecule has 5 heterocycles. The number of hydrogen-bond acceptors (Lipinski definition) is 21. The van der Waals surface area contributed by atoms with Crippen molar-refractivity contribution in [3.63, 3.8) is 0 Å². The highest BCUT2D eigenvalue weighted by molar-refractivity contribution is 14.1. The molecule has 0 radical (unpaired) electrons. The second-order valence-corrected chi connectivity index (χ2v) is 25.2. The number of aliphatic hydroxyl groups excluding tert-OH is 4. The quantitative estimate of drug-likeness (QED) is 0.0191. The average molecular weight is 1490 g/mol. The molecule has 5 aromatic heterocycles. The molecule has 0 saturated heterocycles. The van der Waals surface area contributed by atoms with E-state index < -0.39 is 28.6 Å². The Hall–Kier alpha value is -3.70. The van der Waals surface area contributed by atoms with Crippen molar-refractivity contribution in [3.05, 3.63) is 123 Å². The van der Waals surface area contributed by atoms with Crippen LogP contribution < -0.4 is 31.2 Å². The zero-order valence-electron chi connectivity index (χ0n) is 41.3. The number of ether oxygens (including phenoxy) is 4. The lowest BCUT2D eigenvalue weighted by Crippen LogP contribution is -2.33. The van der Waals surface area contributed by atoms with Gasteiger partial charge in [0.2, 0.25) is 11.8 Å². The minimum atomic E-state index is -3.22. The topological polar surface area (TPSA) is 362 Å². The first-order chi connectivity index (χ1) is 35.1. The summed E-state index contributed by atoms with van der Waals surface area (Å²) in [5.41, 5.74) is -0.277. The molecule has 75 heavy (non-hydrogen) atoms. The number of aryl methyl sites for hydroxylation is 1. The Bertz CT molecular complexity index is 2410. The standard InChI is InChI=1S/C14H23N3O4.C8H15NO2.C6H7IN2O2.C4H2ClIN2.C4H3IN2O.C4H4N2O.C2H6O2.Cl3OP/c1-14(2,3)21-13(19)16-6-4-5-11-9-15-10-17-12(11)20-8-7-18;1-5-6-9-7(10)11-8(2,3)4;7-5-3-8-4-9-6(5)11-2-1-10;5-4-3(6)1-7-2-8-4;5-3-1-6-2-7-4(3)8;7-4-1-2-5-3-6-4;3-1-2-4;1-5(2,3)4/h9-10,18H,4-8H2,1-3H3,(H,16,19);5H,1,6H2,2-4H3,(H,9,10);3-4,10H,1-2H2;1-2H;1-2H,(H,6,7,8);1-3H,(H,5,6,7);3-4H,1-2H2;. The van der Waals surface area contributed by atoms with E-state index in [4.69, 9.17) is 51.0 Å². The zero-order valence-corrected chi connectivity index (χ0v) is 51.7. The number of hydrogen-bond donors (Lipinski definition) is 8. The van der Waals surface area contributed by atoms with E-state index in [9.17, 15) is 23.7 Å². The van der Waals surface area contributed by atoms with Crippen molar-refractivity contribution in [2.45, 2.75) is 65.6 Å². The van der Waals surface area contributed by atoms with Crippen LogP contribution in [0, 0.1) is 10.7 Å². The number of aromatic amines is 2. The number of nitrogens with one attached hydrogen (secondary N) is 4. The Kier molecular flexibility index (Phi) is 46.7. The molecule has 8 N–H and O–H groups in total. The van der Waals surface area contributed by atoms with E-state index in [2.05, 4.69) is 146 Å². The van der Waals surface area contributed by atoms with Crippen LogP contribution in [0.25, 0.3) is 0 Å². The molecule has 0 unspecified atom stereocenters. The van der Waals surface area contributed by atoms with Crippen molar-refractivity contribution >= 4 is 130 Å². The summed E-state index contributed by atoms with van der Waals surface area (Å²) in [6.45, 7) is 15.5. The van der Waals surface area contributed by atoms with E-state index in [-0.39, 0.29) is 50.8 Å². The number of carbonyl (C=O) groups is 2. The molecule has 25 nitrogen and oxygen atoms in total. The largest absolute Gasteiger partial charge is 0.475 e. The number of halogens is 7. The first-order valence-corrected chi connectivity index (χ1v) is 29.1. The lowest BCUT2D eigenvalue weighted by molar-refractivity contribution is 0.0518. The van der Waals surface area contributed by atoms with Gasteiger partial charge in [0.1, 0.15) is 48.6 Å². The number of nitrogens with zero attached hydrogens (tertiary/aromatic N) is 8. The van der Waals surface area contributed by atoms with Crippen LogP contribution in [0.2, 0.25) is 5.15 Å².